The first kappa shape index (κ1) is 14.2. The third kappa shape index (κ3) is 2.24. The molecule has 3 rings (SSSR count). The molecule has 6 nitrogen and oxygen atoms in total. The third-order valence-electron chi connectivity index (χ3n) is 3.75. The molecule has 0 aromatic heterocycles. The first-order valence-electron chi connectivity index (χ1n) is 6.49. The second kappa shape index (κ2) is 4.60. The fraction of sp³-hybridized carbons (Fsp3) is 0.385. The van der Waals surface area contributed by atoms with Crippen molar-refractivity contribution < 1.29 is 17.9 Å². The molecular formula is C13H16FN3O3S. The molecule has 0 saturated carbocycles. The summed E-state index contributed by atoms with van der Waals surface area (Å²) in [7, 11) is -2.04. The van der Waals surface area contributed by atoms with Crippen molar-refractivity contribution >= 4 is 15.9 Å². The van der Waals surface area contributed by atoms with E-state index >= 15 is 0 Å². The number of fused-ring (bicyclic) bond motifs is 1. The molecule has 0 radical (unpaired) electrons. The summed E-state index contributed by atoms with van der Waals surface area (Å²) in [5.41, 5.74) is 1.08. The zero-order valence-electron chi connectivity index (χ0n) is 11.6. The molecule has 1 fully saturated rings. The second-order valence-corrected chi connectivity index (χ2v) is 7.00. The van der Waals surface area contributed by atoms with Gasteiger partial charge in [-0.3, -0.25) is 4.72 Å². The summed E-state index contributed by atoms with van der Waals surface area (Å²) in [4.78, 5) is 1.95. The van der Waals surface area contributed by atoms with Crippen LogP contribution in [-0.2, 0) is 23.2 Å². The van der Waals surface area contributed by atoms with Gasteiger partial charge in [-0.2, -0.15) is 8.42 Å². The number of phenols is 1. The first-order chi connectivity index (χ1) is 9.79. The molecule has 0 spiro atoms. The van der Waals surface area contributed by atoms with Crippen molar-refractivity contribution in [3.05, 3.63) is 35.3 Å². The molecule has 2 N–H and O–H groups in total. The van der Waals surface area contributed by atoms with E-state index in [1.165, 1.54) is 6.07 Å². The quantitative estimate of drug-likeness (QED) is 0.800. The fourth-order valence-corrected chi connectivity index (χ4v) is 4.02. The standard InChI is InChI=1S/C13H16FN3O3S/c1-8-6-17(21(19,20)15-8)13-11(18)5-9-3-4-16(2)7-10(9)12(13)14/h5,15,18H,1,3-4,6-7H2,2H3. The molecule has 0 atom stereocenters. The van der Waals surface area contributed by atoms with Crippen LogP contribution < -0.4 is 9.03 Å². The molecule has 8 heteroatoms. The van der Waals surface area contributed by atoms with E-state index in [4.69, 9.17) is 0 Å². The van der Waals surface area contributed by atoms with Crippen molar-refractivity contribution in [1.29, 1.82) is 0 Å². The molecular weight excluding hydrogens is 297 g/mol. The van der Waals surface area contributed by atoms with Crippen molar-refractivity contribution in [3.8, 4) is 5.75 Å². The SMILES string of the molecule is C=C1CN(c2c(O)cc3c(c2F)CN(C)CC3)S(=O)(=O)N1. The molecule has 0 bridgehead atoms. The zero-order chi connectivity index (χ0) is 15.4. The van der Waals surface area contributed by atoms with Gasteiger partial charge >= 0.3 is 10.2 Å². The normalized spacial score (nSPS) is 21.2. The van der Waals surface area contributed by atoms with Gasteiger partial charge in [0.15, 0.2) is 5.82 Å². The summed E-state index contributed by atoms with van der Waals surface area (Å²) in [6, 6.07) is 1.46. The molecule has 114 valence electrons. The summed E-state index contributed by atoms with van der Waals surface area (Å²) in [6.45, 7) is 4.60. The van der Waals surface area contributed by atoms with E-state index in [2.05, 4.69) is 11.3 Å². The lowest BCUT2D eigenvalue weighted by molar-refractivity contribution is 0.305. The minimum Gasteiger partial charge on any atom is -0.506 e. The van der Waals surface area contributed by atoms with Crippen LogP contribution in [0.3, 0.4) is 0 Å². The van der Waals surface area contributed by atoms with Crippen molar-refractivity contribution in [3.63, 3.8) is 0 Å². The number of halogens is 1. The Morgan fingerprint density at radius 2 is 2.14 bits per heavy atom. The largest absolute Gasteiger partial charge is 0.506 e. The Kier molecular flexibility index (Phi) is 3.10. The molecule has 2 aliphatic heterocycles. The predicted molar refractivity (Wildman–Crippen MR) is 76.6 cm³/mol. The lowest BCUT2D eigenvalue weighted by atomic mass is 9.98. The molecule has 1 saturated heterocycles. The van der Waals surface area contributed by atoms with Gasteiger partial charge in [0.05, 0.1) is 6.54 Å². The fourth-order valence-electron chi connectivity index (χ4n) is 2.74. The molecule has 2 heterocycles. The number of nitrogens with zero attached hydrogens (tertiary/aromatic N) is 2. The summed E-state index contributed by atoms with van der Waals surface area (Å²) >= 11 is 0. The van der Waals surface area contributed by atoms with Gasteiger partial charge < -0.3 is 10.0 Å². The molecule has 0 amide bonds. The summed E-state index contributed by atoms with van der Waals surface area (Å²) in [5.74, 6) is -1.05. The molecule has 2 aliphatic rings. The maximum atomic E-state index is 14.8. The van der Waals surface area contributed by atoms with Crippen LogP contribution in [0.5, 0.6) is 5.75 Å². The van der Waals surface area contributed by atoms with E-state index in [1.54, 1.807) is 0 Å². The third-order valence-corrected chi connectivity index (χ3v) is 5.19. The highest BCUT2D eigenvalue weighted by Gasteiger charge is 2.36. The Morgan fingerprint density at radius 3 is 2.76 bits per heavy atom. The van der Waals surface area contributed by atoms with E-state index in [0.29, 0.717) is 18.5 Å². The number of anilines is 1. The van der Waals surface area contributed by atoms with E-state index in [9.17, 15) is 17.9 Å². The van der Waals surface area contributed by atoms with E-state index in [1.807, 2.05) is 11.9 Å². The van der Waals surface area contributed by atoms with Gasteiger partial charge in [0, 0.05) is 24.4 Å². The molecule has 1 aromatic carbocycles. The number of hydrogen-bond acceptors (Lipinski definition) is 4. The molecule has 0 aliphatic carbocycles. The van der Waals surface area contributed by atoms with Crippen LogP contribution in [0.2, 0.25) is 0 Å². The maximum Gasteiger partial charge on any atom is 0.324 e. The Balaban J connectivity index is 2.16. The summed E-state index contributed by atoms with van der Waals surface area (Å²) in [5, 5.41) is 10.1. The number of likely N-dealkylation sites (N-methyl/N-ethyl adjacent to an activating group) is 1. The van der Waals surface area contributed by atoms with E-state index < -0.39 is 16.0 Å². The first-order valence-corrected chi connectivity index (χ1v) is 7.93. The van der Waals surface area contributed by atoms with Gasteiger partial charge in [0.2, 0.25) is 0 Å². The number of benzene rings is 1. The topological polar surface area (TPSA) is 72.9 Å². The number of rotatable bonds is 1. The van der Waals surface area contributed by atoms with Crippen LogP contribution in [0.25, 0.3) is 0 Å². The van der Waals surface area contributed by atoms with Crippen molar-refractivity contribution in [2.45, 2.75) is 13.0 Å². The summed E-state index contributed by atoms with van der Waals surface area (Å²) < 4.78 is 41.7. The molecule has 21 heavy (non-hydrogen) atoms. The molecule has 1 aromatic rings. The predicted octanol–water partition coefficient (Wildman–Crippen LogP) is 0.687. The van der Waals surface area contributed by atoms with Crippen molar-refractivity contribution in [1.82, 2.24) is 9.62 Å². The van der Waals surface area contributed by atoms with Crippen LogP contribution in [-0.4, -0.2) is 38.6 Å². The lowest BCUT2D eigenvalue weighted by Crippen LogP contribution is -2.32. The number of hydrogen-bond donors (Lipinski definition) is 2. The van der Waals surface area contributed by atoms with E-state index in [0.717, 1.165) is 16.4 Å². The van der Waals surface area contributed by atoms with Crippen LogP contribution in [0.15, 0.2) is 18.3 Å². The number of aromatic hydroxyl groups is 1. The Hall–Kier alpha value is -1.80. The van der Waals surface area contributed by atoms with Gasteiger partial charge in [0.1, 0.15) is 11.4 Å². The number of nitrogens with one attached hydrogen (secondary N) is 1. The average molecular weight is 313 g/mol. The highest BCUT2D eigenvalue weighted by atomic mass is 32.2. The van der Waals surface area contributed by atoms with Crippen molar-refractivity contribution in [2.75, 3.05) is 24.4 Å². The van der Waals surface area contributed by atoms with Crippen LogP contribution in [0, 0.1) is 5.82 Å². The zero-order valence-corrected chi connectivity index (χ0v) is 12.4. The summed E-state index contributed by atoms with van der Waals surface area (Å²) in [6.07, 6.45) is 0.619. The average Bonchev–Trinajstić information content (AvgIpc) is 2.64. The van der Waals surface area contributed by atoms with E-state index in [-0.39, 0.29) is 23.7 Å². The van der Waals surface area contributed by atoms with Gasteiger partial charge in [-0.05, 0) is 25.1 Å². The smallest absolute Gasteiger partial charge is 0.324 e. The Bertz CT molecular complexity index is 733. The van der Waals surface area contributed by atoms with Gasteiger partial charge in [-0.1, -0.05) is 6.58 Å². The highest BCUT2D eigenvalue weighted by molar-refractivity contribution is 7.91. The van der Waals surface area contributed by atoms with Crippen LogP contribution in [0.1, 0.15) is 11.1 Å². The van der Waals surface area contributed by atoms with Crippen LogP contribution in [0.4, 0.5) is 10.1 Å². The lowest BCUT2D eigenvalue weighted by Gasteiger charge is -2.28. The molecule has 0 unspecified atom stereocenters. The van der Waals surface area contributed by atoms with Crippen LogP contribution >= 0.6 is 0 Å². The second-order valence-electron chi connectivity index (χ2n) is 5.40. The monoisotopic (exact) mass is 313 g/mol. The Morgan fingerprint density at radius 1 is 1.43 bits per heavy atom. The Labute approximate surface area is 122 Å². The number of phenolic OH excluding ortho intramolecular Hbond substituents is 1. The van der Waals surface area contributed by atoms with Gasteiger partial charge in [-0.25, -0.2) is 8.70 Å². The minimum absolute atomic E-state index is 0.0958. The highest BCUT2D eigenvalue weighted by Crippen LogP contribution is 2.39. The van der Waals surface area contributed by atoms with Crippen molar-refractivity contribution in [2.24, 2.45) is 0 Å². The van der Waals surface area contributed by atoms with Gasteiger partial charge in [-0.15, -0.1) is 0 Å². The minimum atomic E-state index is -3.90. The van der Waals surface area contributed by atoms with Gasteiger partial charge in [0.25, 0.3) is 0 Å². The maximum absolute atomic E-state index is 14.8.